The third-order valence-corrected chi connectivity index (χ3v) is 2.94. The maximum absolute atomic E-state index is 11.6. The fraction of sp³-hybridized carbons (Fsp3) is 0.0909. The van der Waals surface area contributed by atoms with Crippen LogP contribution in [0.4, 0.5) is 0 Å². The van der Waals surface area contributed by atoms with Crippen LogP contribution in [0, 0.1) is 0 Å². The Morgan fingerprint density at radius 2 is 2.18 bits per heavy atom. The summed E-state index contributed by atoms with van der Waals surface area (Å²) in [6, 6.07) is 5.23. The molecule has 1 aromatic heterocycles. The van der Waals surface area contributed by atoms with E-state index < -0.39 is 0 Å². The van der Waals surface area contributed by atoms with Crippen LogP contribution in [0.3, 0.4) is 0 Å². The Morgan fingerprint density at radius 3 is 2.82 bits per heavy atom. The number of aromatic nitrogens is 2. The van der Waals surface area contributed by atoms with Crippen LogP contribution in [0.25, 0.3) is 0 Å². The molecule has 1 heterocycles. The normalized spacial score (nSPS) is 10.2. The second kappa shape index (κ2) is 5.21. The summed E-state index contributed by atoms with van der Waals surface area (Å²) in [6.07, 6.45) is 2.99. The summed E-state index contributed by atoms with van der Waals surface area (Å²) in [5.41, 5.74) is 1.38. The van der Waals surface area contributed by atoms with Gasteiger partial charge in [0.25, 0.3) is 5.91 Å². The van der Waals surface area contributed by atoms with Gasteiger partial charge < -0.3 is 5.32 Å². The Labute approximate surface area is 108 Å². The van der Waals surface area contributed by atoms with E-state index in [4.69, 9.17) is 23.2 Å². The minimum Gasteiger partial charge on any atom is -0.348 e. The van der Waals surface area contributed by atoms with E-state index in [0.717, 1.165) is 5.56 Å². The van der Waals surface area contributed by atoms with Crippen LogP contribution in [0.5, 0.6) is 0 Å². The molecule has 88 valence electrons. The molecule has 0 fully saturated rings. The van der Waals surface area contributed by atoms with Crippen LogP contribution in [0.15, 0.2) is 30.6 Å². The molecule has 17 heavy (non-hydrogen) atoms. The topological polar surface area (TPSA) is 57.8 Å². The average Bonchev–Trinajstić information content (AvgIpc) is 2.84. The smallest absolute Gasteiger partial charge is 0.254 e. The van der Waals surface area contributed by atoms with Crippen LogP contribution in [0.2, 0.25) is 10.0 Å². The van der Waals surface area contributed by atoms with Crippen molar-refractivity contribution in [1.29, 1.82) is 0 Å². The van der Waals surface area contributed by atoms with E-state index in [2.05, 4.69) is 15.5 Å². The molecule has 0 radical (unpaired) electrons. The molecular weight excluding hydrogens is 261 g/mol. The molecule has 0 aliphatic heterocycles. The molecule has 6 heteroatoms. The van der Waals surface area contributed by atoms with Crippen molar-refractivity contribution < 1.29 is 4.79 Å². The summed E-state index contributed by atoms with van der Waals surface area (Å²) in [6.45, 7) is 0.390. The molecule has 2 aromatic rings. The Balaban J connectivity index is 1.98. The van der Waals surface area contributed by atoms with Gasteiger partial charge in [-0.05, 0) is 17.7 Å². The molecule has 1 aromatic carbocycles. The van der Waals surface area contributed by atoms with Crippen molar-refractivity contribution in [3.63, 3.8) is 0 Å². The van der Waals surface area contributed by atoms with E-state index >= 15 is 0 Å². The van der Waals surface area contributed by atoms with Crippen molar-refractivity contribution in [3.05, 3.63) is 51.8 Å². The Morgan fingerprint density at radius 1 is 1.35 bits per heavy atom. The molecule has 0 aliphatic rings. The largest absolute Gasteiger partial charge is 0.348 e. The van der Waals surface area contributed by atoms with E-state index in [1.807, 2.05) is 6.07 Å². The summed E-state index contributed by atoms with van der Waals surface area (Å²) < 4.78 is 0. The molecule has 2 rings (SSSR count). The first-order chi connectivity index (χ1) is 8.16. The van der Waals surface area contributed by atoms with Crippen molar-refractivity contribution in [2.75, 3.05) is 0 Å². The molecule has 0 spiro atoms. The van der Waals surface area contributed by atoms with E-state index in [1.54, 1.807) is 12.1 Å². The molecule has 0 unspecified atom stereocenters. The van der Waals surface area contributed by atoms with Gasteiger partial charge >= 0.3 is 0 Å². The van der Waals surface area contributed by atoms with Gasteiger partial charge in [0, 0.05) is 12.7 Å². The van der Waals surface area contributed by atoms with Gasteiger partial charge in [-0.25, -0.2) is 0 Å². The van der Waals surface area contributed by atoms with E-state index in [0.29, 0.717) is 22.2 Å². The van der Waals surface area contributed by atoms with Gasteiger partial charge in [0.1, 0.15) is 0 Å². The van der Waals surface area contributed by atoms with Crippen LogP contribution < -0.4 is 5.32 Å². The quantitative estimate of drug-likeness (QED) is 0.900. The number of rotatable bonds is 3. The van der Waals surface area contributed by atoms with Gasteiger partial charge in [0.2, 0.25) is 0 Å². The van der Waals surface area contributed by atoms with Crippen molar-refractivity contribution in [2.45, 2.75) is 6.54 Å². The van der Waals surface area contributed by atoms with Crippen molar-refractivity contribution in [2.24, 2.45) is 0 Å². The first kappa shape index (κ1) is 12.0. The van der Waals surface area contributed by atoms with Gasteiger partial charge in [-0.3, -0.25) is 9.89 Å². The highest BCUT2D eigenvalue weighted by atomic mass is 35.5. The first-order valence-electron chi connectivity index (χ1n) is 4.88. The number of nitrogens with zero attached hydrogens (tertiary/aromatic N) is 1. The van der Waals surface area contributed by atoms with Crippen LogP contribution in [0.1, 0.15) is 15.9 Å². The second-order valence-corrected chi connectivity index (χ2v) is 4.23. The number of carbonyl (C=O) groups excluding carboxylic acids is 1. The van der Waals surface area contributed by atoms with Crippen molar-refractivity contribution in [3.8, 4) is 0 Å². The first-order valence-corrected chi connectivity index (χ1v) is 5.63. The summed E-state index contributed by atoms with van der Waals surface area (Å²) in [7, 11) is 0. The van der Waals surface area contributed by atoms with Crippen molar-refractivity contribution in [1.82, 2.24) is 15.5 Å². The monoisotopic (exact) mass is 269 g/mol. The van der Waals surface area contributed by atoms with Gasteiger partial charge in [-0.1, -0.05) is 29.3 Å². The second-order valence-electron chi connectivity index (χ2n) is 3.42. The summed E-state index contributed by atoms with van der Waals surface area (Å²) in [4.78, 5) is 11.6. The molecule has 0 atom stereocenters. The maximum Gasteiger partial charge on any atom is 0.254 e. The number of hydrogen-bond donors (Lipinski definition) is 2. The number of H-pyrrole nitrogens is 1. The summed E-state index contributed by atoms with van der Waals surface area (Å²) in [5, 5.41) is 9.99. The Bertz CT molecular complexity index is 526. The van der Waals surface area contributed by atoms with Crippen LogP contribution in [-0.4, -0.2) is 16.1 Å². The number of hydrogen-bond acceptors (Lipinski definition) is 2. The molecule has 4 nitrogen and oxygen atoms in total. The third-order valence-electron chi connectivity index (χ3n) is 2.20. The van der Waals surface area contributed by atoms with Crippen LogP contribution in [-0.2, 0) is 6.54 Å². The number of amides is 1. The number of carbonyl (C=O) groups is 1. The van der Waals surface area contributed by atoms with Crippen LogP contribution >= 0.6 is 23.2 Å². The molecule has 0 aliphatic carbocycles. The lowest BCUT2D eigenvalue weighted by Gasteiger charge is -2.04. The average molecular weight is 270 g/mol. The molecule has 0 saturated heterocycles. The number of benzene rings is 1. The highest BCUT2D eigenvalue weighted by Gasteiger charge is 2.06. The third kappa shape index (κ3) is 2.99. The molecule has 2 N–H and O–H groups in total. The van der Waals surface area contributed by atoms with Gasteiger partial charge in [-0.15, -0.1) is 0 Å². The lowest BCUT2D eigenvalue weighted by atomic mass is 10.2. The molecule has 1 amide bonds. The molecular formula is C11H9Cl2N3O. The minimum atomic E-state index is -0.190. The van der Waals surface area contributed by atoms with E-state index in [-0.39, 0.29) is 5.91 Å². The zero-order valence-electron chi connectivity index (χ0n) is 8.71. The fourth-order valence-electron chi connectivity index (χ4n) is 1.31. The highest BCUT2D eigenvalue weighted by molar-refractivity contribution is 6.42. The van der Waals surface area contributed by atoms with E-state index in [1.165, 1.54) is 12.4 Å². The van der Waals surface area contributed by atoms with Crippen molar-refractivity contribution >= 4 is 29.1 Å². The Kier molecular flexibility index (Phi) is 3.66. The Hall–Kier alpha value is -1.52. The number of halogens is 2. The number of nitrogens with one attached hydrogen (secondary N) is 2. The minimum absolute atomic E-state index is 0.190. The summed E-state index contributed by atoms with van der Waals surface area (Å²) >= 11 is 11.7. The standard InChI is InChI=1S/C11H9Cl2N3O/c12-9-2-1-7(3-10(9)13)4-14-11(17)8-5-15-16-6-8/h1-3,5-6H,4H2,(H,14,17)(H,15,16). The van der Waals surface area contributed by atoms with Gasteiger partial charge in [-0.2, -0.15) is 5.10 Å². The predicted octanol–water partition coefficient (Wildman–Crippen LogP) is 2.65. The zero-order valence-corrected chi connectivity index (χ0v) is 10.2. The van der Waals surface area contributed by atoms with Gasteiger partial charge in [0.15, 0.2) is 0 Å². The zero-order chi connectivity index (χ0) is 12.3. The predicted molar refractivity (Wildman–Crippen MR) is 66.2 cm³/mol. The molecule has 0 bridgehead atoms. The molecule has 0 saturated carbocycles. The number of aromatic amines is 1. The SMILES string of the molecule is O=C(NCc1ccc(Cl)c(Cl)c1)c1cn[nH]c1. The summed E-state index contributed by atoms with van der Waals surface area (Å²) in [5.74, 6) is -0.190. The highest BCUT2D eigenvalue weighted by Crippen LogP contribution is 2.22. The maximum atomic E-state index is 11.6. The lowest BCUT2D eigenvalue weighted by Crippen LogP contribution is -2.22. The van der Waals surface area contributed by atoms with E-state index in [9.17, 15) is 4.79 Å². The fourth-order valence-corrected chi connectivity index (χ4v) is 1.63. The van der Waals surface area contributed by atoms with Gasteiger partial charge in [0.05, 0.1) is 21.8 Å². The lowest BCUT2D eigenvalue weighted by molar-refractivity contribution is 0.0951.